The first-order valence-electron chi connectivity index (χ1n) is 8.49. The SMILES string of the molecule is CCCN(CC(=O)N(CC)C1CC1)CC1CCCCN1. The summed E-state index contributed by atoms with van der Waals surface area (Å²) in [5, 5.41) is 3.59. The average molecular weight is 281 g/mol. The first-order chi connectivity index (χ1) is 9.74. The molecule has 0 spiro atoms. The Morgan fingerprint density at radius 2 is 2.00 bits per heavy atom. The van der Waals surface area contributed by atoms with Crippen LogP contribution in [0.2, 0.25) is 0 Å². The van der Waals surface area contributed by atoms with Gasteiger partial charge in [0, 0.05) is 25.2 Å². The van der Waals surface area contributed by atoms with Gasteiger partial charge in [-0.2, -0.15) is 0 Å². The number of hydrogen-bond acceptors (Lipinski definition) is 3. The Hall–Kier alpha value is -0.610. The van der Waals surface area contributed by atoms with Crippen LogP contribution in [-0.2, 0) is 4.79 Å². The number of carbonyl (C=O) groups excluding carboxylic acids is 1. The summed E-state index contributed by atoms with van der Waals surface area (Å²) in [5.41, 5.74) is 0. The third-order valence-electron chi connectivity index (χ3n) is 4.44. The molecular weight excluding hydrogens is 250 g/mol. The van der Waals surface area contributed by atoms with Gasteiger partial charge in [0.05, 0.1) is 6.54 Å². The third-order valence-corrected chi connectivity index (χ3v) is 4.44. The average Bonchev–Trinajstić information content (AvgIpc) is 3.25. The van der Waals surface area contributed by atoms with Crippen molar-refractivity contribution >= 4 is 5.91 Å². The molecule has 0 radical (unpaired) electrons. The molecule has 2 aliphatic rings. The Bertz CT molecular complexity index is 298. The maximum absolute atomic E-state index is 12.4. The fraction of sp³-hybridized carbons (Fsp3) is 0.938. The molecule has 1 aliphatic heterocycles. The van der Waals surface area contributed by atoms with Gasteiger partial charge in [-0.15, -0.1) is 0 Å². The monoisotopic (exact) mass is 281 g/mol. The molecule has 4 heteroatoms. The number of nitrogens with one attached hydrogen (secondary N) is 1. The van der Waals surface area contributed by atoms with E-state index in [0.717, 1.165) is 32.6 Å². The van der Waals surface area contributed by atoms with Crippen LogP contribution in [0, 0.1) is 0 Å². The number of likely N-dealkylation sites (N-methyl/N-ethyl adjacent to an activating group) is 1. The number of hydrogen-bond donors (Lipinski definition) is 1. The van der Waals surface area contributed by atoms with Crippen LogP contribution in [0.15, 0.2) is 0 Å². The van der Waals surface area contributed by atoms with Gasteiger partial charge < -0.3 is 10.2 Å². The smallest absolute Gasteiger partial charge is 0.236 e. The minimum absolute atomic E-state index is 0.333. The quantitative estimate of drug-likeness (QED) is 0.737. The molecule has 1 saturated heterocycles. The van der Waals surface area contributed by atoms with E-state index in [1.54, 1.807) is 0 Å². The van der Waals surface area contributed by atoms with Gasteiger partial charge in [-0.3, -0.25) is 9.69 Å². The summed E-state index contributed by atoms with van der Waals surface area (Å²) in [6.07, 6.45) is 7.42. The fourth-order valence-electron chi connectivity index (χ4n) is 3.25. The standard InChI is InChI=1S/C16H31N3O/c1-3-11-18(12-14-7-5-6-10-17-14)13-16(20)19(4-2)15-8-9-15/h14-15,17H,3-13H2,1-2H3. The second-order valence-electron chi connectivity index (χ2n) is 6.29. The van der Waals surface area contributed by atoms with Gasteiger partial charge in [0.1, 0.15) is 0 Å². The molecule has 1 heterocycles. The molecule has 2 fully saturated rings. The molecule has 116 valence electrons. The van der Waals surface area contributed by atoms with Gasteiger partial charge in [0.25, 0.3) is 0 Å². The van der Waals surface area contributed by atoms with Crippen LogP contribution >= 0.6 is 0 Å². The van der Waals surface area contributed by atoms with E-state index in [2.05, 4.69) is 29.0 Å². The van der Waals surface area contributed by atoms with Gasteiger partial charge in [-0.1, -0.05) is 13.3 Å². The summed E-state index contributed by atoms with van der Waals surface area (Å²) in [5.74, 6) is 0.333. The molecule has 0 aromatic rings. The maximum atomic E-state index is 12.4. The minimum atomic E-state index is 0.333. The van der Waals surface area contributed by atoms with E-state index in [-0.39, 0.29) is 0 Å². The Balaban J connectivity index is 1.81. The van der Waals surface area contributed by atoms with Gasteiger partial charge in [0.2, 0.25) is 5.91 Å². The molecule has 1 N–H and O–H groups in total. The molecular formula is C16H31N3O. The van der Waals surface area contributed by atoms with E-state index in [9.17, 15) is 4.79 Å². The largest absolute Gasteiger partial charge is 0.339 e. The summed E-state index contributed by atoms with van der Waals surface area (Å²) in [7, 11) is 0. The van der Waals surface area contributed by atoms with Crippen molar-refractivity contribution in [2.45, 2.75) is 64.5 Å². The Labute approximate surface area is 123 Å². The lowest BCUT2D eigenvalue weighted by molar-refractivity contribution is -0.132. The first kappa shape index (κ1) is 15.8. The number of nitrogens with zero attached hydrogens (tertiary/aromatic N) is 2. The van der Waals surface area contributed by atoms with E-state index in [4.69, 9.17) is 0 Å². The van der Waals surface area contributed by atoms with Gasteiger partial charge >= 0.3 is 0 Å². The van der Waals surface area contributed by atoms with Crippen molar-refractivity contribution in [3.8, 4) is 0 Å². The zero-order valence-corrected chi connectivity index (χ0v) is 13.2. The molecule has 0 aromatic carbocycles. The second kappa shape index (κ2) is 7.99. The normalized spacial score (nSPS) is 23.1. The highest BCUT2D eigenvalue weighted by Gasteiger charge is 2.32. The number of amides is 1. The van der Waals surface area contributed by atoms with E-state index < -0.39 is 0 Å². The lowest BCUT2D eigenvalue weighted by atomic mass is 10.0. The zero-order chi connectivity index (χ0) is 14.4. The van der Waals surface area contributed by atoms with Crippen molar-refractivity contribution in [1.82, 2.24) is 15.1 Å². The van der Waals surface area contributed by atoms with E-state index in [1.807, 2.05) is 0 Å². The van der Waals surface area contributed by atoms with Crippen LogP contribution in [0.4, 0.5) is 0 Å². The van der Waals surface area contributed by atoms with E-state index in [0.29, 0.717) is 24.5 Å². The highest BCUT2D eigenvalue weighted by Crippen LogP contribution is 2.26. The lowest BCUT2D eigenvalue weighted by Crippen LogP contribution is -2.48. The Morgan fingerprint density at radius 3 is 2.55 bits per heavy atom. The predicted molar refractivity (Wildman–Crippen MR) is 82.8 cm³/mol. The molecule has 1 atom stereocenters. The number of carbonyl (C=O) groups is 1. The summed E-state index contributed by atoms with van der Waals surface area (Å²) in [6.45, 7) is 8.98. The second-order valence-corrected chi connectivity index (χ2v) is 6.29. The summed E-state index contributed by atoms with van der Waals surface area (Å²) in [6, 6.07) is 1.13. The summed E-state index contributed by atoms with van der Waals surface area (Å²) >= 11 is 0. The molecule has 1 aliphatic carbocycles. The van der Waals surface area contributed by atoms with Crippen molar-refractivity contribution < 1.29 is 4.79 Å². The molecule has 4 nitrogen and oxygen atoms in total. The predicted octanol–water partition coefficient (Wildman–Crippen LogP) is 1.85. The number of piperidine rings is 1. The molecule has 20 heavy (non-hydrogen) atoms. The number of rotatable bonds is 8. The van der Waals surface area contributed by atoms with Crippen LogP contribution in [0.5, 0.6) is 0 Å². The highest BCUT2D eigenvalue weighted by atomic mass is 16.2. The topological polar surface area (TPSA) is 35.6 Å². The van der Waals surface area contributed by atoms with E-state index in [1.165, 1.54) is 32.1 Å². The van der Waals surface area contributed by atoms with Gasteiger partial charge in [-0.05, 0) is 52.1 Å². The van der Waals surface area contributed by atoms with Crippen molar-refractivity contribution in [1.29, 1.82) is 0 Å². The van der Waals surface area contributed by atoms with E-state index >= 15 is 0 Å². The van der Waals surface area contributed by atoms with Crippen molar-refractivity contribution in [3.05, 3.63) is 0 Å². The van der Waals surface area contributed by atoms with Crippen molar-refractivity contribution in [2.75, 3.05) is 32.7 Å². The van der Waals surface area contributed by atoms with Crippen LogP contribution < -0.4 is 5.32 Å². The Kier molecular flexibility index (Phi) is 6.30. The summed E-state index contributed by atoms with van der Waals surface area (Å²) < 4.78 is 0. The maximum Gasteiger partial charge on any atom is 0.236 e. The highest BCUT2D eigenvalue weighted by molar-refractivity contribution is 5.78. The molecule has 1 amide bonds. The van der Waals surface area contributed by atoms with Crippen LogP contribution in [0.25, 0.3) is 0 Å². The molecule has 1 saturated carbocycles. The van der Waals surface area contributed by atoms with Crippen molar-refractivity contribution in [3.63, 3.8) is 0 Å². The zero-order valence-electron chi connectivity index (χ0n) is 13.2. The third kappa shape index (κ3) is 4.74. The first-order valence-corrected chi connectivity index (χ1v) is 8.49. The Morgan fingerprint density at radius 1 is 1.20 bits per heavy atom. The molecule has 0 aromatic heterocycles. The lowest BCUT2D eigenvalue weighted by Gasteiger charge is -2.31. The molecule has 0 bridgehead atoms. The van der Waals surface area contributed by atoms with Gasteiger partial charge in [-0.25, -0.2) is 0 Å². The van der Waals surface area contributed by atoms with Crippen LogP contribution in [0.1, 0.15) is 52.4 Å². The molecule has 1 unspecified atom stereocenters. The van der Waals surface area contributed by atoms with Gasteiger partial charge in [0.15, 0.2) is 0 Å². The van der Waals surface area contributed by atoms with Crippen LogP contribution in [-0.4, -0.2) is 60.5 Å². The minimum Gasteiger partial charge on any atom is -0.339 e. The summed E-state index contributed by atoms with van der Waals surface area (Å²) in [4.78, 5) is 16.9. The molecule has 2 rings (SSSR count). The van der Waals surface area contributed by atoms with Crippen molar-refractivity contribution in [2.24, 2.45) is 0 Å². The fourth-order valence-corrected chi connectivity index (χ4v) is 3.25. The van der Waals surface area contributed by atoms with Crippen LogP contribution in [0.3, 0.4) is 0 Å².